The molecule has 0 aliphatic heterocycles. The fraction of sp³-hybridized carbons (Fsp3) is 0.167. The molecule has 130 valence electrons. The van der Waals surface area contributed by atoms with Gasteiger partial charge >= 0.3 is 0 Å². The maximum atomic E-state index is 13.4. The Balaban J connectivity index is 1.77. The molecule has 25 heavy (non-hydrogen) atoms. The molecule has 2 amide bonds. The van der Waals surface area contributed by atoms with Gasteiger partial charge in [0.25, 0.3) is 11.8 Å². The van der Waals surface area contributed by atoms with Crippen LogP contribution >= 0.6 is 0 Å². The number of halogens is 1. The second kappa shape index (κ2) is 8.58. The van der Waals surface area contributed by atoms with Crippen LogP contribution in [-0.4, -0.2) is 24.6 Å². The molecule has 0 fully saturated rings. The van der Waals surface area contributed by atoms with Crippen LogP contribution in [0.25, 0.3) is 0 Å². The SMILES string of the molecule is Cc1ccc(NC(=O)/C=N\OCC(=O)Nc2ccccc2F)c(C)c1. The molecule has 0 aliphatic rings. The van der Waals surface area contributed by atoms with Gasteiger partial charge in [-0.25, -0.2) is 4.39 Å². The summed E-state index contributed by atoms with van der Waals surface area (Å²) in [6, 6.07) is 11.4. The minimum Gasteiger partial charge on any atom is -0.385 e. The van der Waals surface area contributed by atoms with Crippen molar-refractivity contribution in [3.05, 3.63) is 59.4 Å². The van der Waals surface area contributed by atoms with E-state index in [1.807, 2.05) is 26.0 Å². The first-order chi connectivity index (χ1) is 12.0. The third-order valence-corrected chi connectivity index (χ3v) is 3.23. The first-order valence-electron chi connectivity index (χ1n) is 7.53. The molecule has 0 saturated carbocycles. The van der Waals surface area contributed by atoms with E-state index in [1.165, 1.54) is 18.2 Å². The molecule has 2 rings (SSSR count). The van der Waals surface area contributed by atoms with E-state index in [1.54, 1.807) is 12.1 Å². The van der Waals surface area contributed by atoms with Crippen molar-refractivity contribution in [2.45, 2.75) is 13.8 Å². The second-order valence-corrected chi connectivity index (χ2v) is 5.34. The van der Waals surface area contributed by atoms with Crippen LogP contribution in [0.2, 0.25) is 0 Å². The van der Waals surface area contributed by atoms with Crippen molar-refractivity contribution < 1.29 is 18.8 Å². The molecule has 2 aromatic carbocycles. The fourth-order valence-electron chi connectivity index (χ4n) is 2.05. The Morgan fingerprint density at radius 1 is 1.12 bits per heavy atom. The number of hydrogen-bond acceptors (Lipinski definition) is 4. The molecule has 0 unspecified atom stereocenters. The summed E-state index contributed by atoms with van der Waals surface area (Å²) in [5.74, 6) is -1.62. The molecule has 0 aliphatic carbocycles. The fourth-order valence-corrected chi connectivity index (χ4v) is 2.05. The Morgan fingerprint density at radius 3 is 2.60 bits per heavy atom. The summed E-state index contributed by atoms with van der Waals surface area (Å²) in [5.41, 5.74) is 2.73. The highest BCUT2D eigenvalue weighted by molar-refractivity contribution is 6.31. The topological polar surface area (TPSA) is 79.8 Å². The summed E-state index contributed by atoms with van der Waals surface area (Å²) in [4.78, 5) is 28.1. The van der Waals surface area contributed by atoms with Crippen LogP contribution < -0.4 is 10.6 Å². The van der Waals surface area contributed by atoms with Crippen molar-refractivity contribution in [2.24, 2.45) is 5.16 Å². The van der Waals surface area contributed by atoms with Crippen molar-refractivity contribution in [2.75, 3.05) is 17.2 Å². The molecule has 7 heteroatoms. The number of oxime groups is 1. The lowest BCUT2D eigenvalue weighted by Crippen LogP contribution is -2.18. The summed E-state index contributed by atoms with van der Waals surface area (Å²) in [6.45, 7) is 3.39. The summed E-state index contributed by atoms with van der Waals surface area (Å²) in [5, 5.41) is 8.42. The van der Waals surface area contributed by atoms with Gasteiger partial charge < -0.3 is 15.5 Å². The number of para-hydroxylation sites is 1. The molecular weight excluding hydrogens is 325 g/mol. The molecule has 2 N–H and O–H groups in total. The zero-order valence-corrected chi connectivity index (χ0v) is 13.9. The van der Waals surface area contributed by atoms with Gasteiger partial charge in [-0.3, -0.25) is 9.59 Å². The third kappa shape index (κ3) is 5.72. The highest BCUT2D eigenvalue weighted by Crippen LogP contribution is 2.15. The molecule has 0 atom stereocenters. The van der Waals surface area contributed by atoms with E-state index in [2.05, 4.69) is 15.8 Å². The first kappa shape index (κ1) is 18.1. The van der Waals surface area contributed by atoms with E-state index in [0.717, 1.165) is 17.3 Å². The van der Waals surface area contributed by atoms with E-state index >= 15 is 0 Å². The molecule has 6 nitrogen and oxygen atoms in total. The molecule has 0 radical (unpaired) electrons. The maximum Gasteiger partial charge on any atom is 0.270 e. The van der Waals surface area contributed by atoms with Gasteiger partial charge in [0.05, 0.1) is 5.69 Å². The molecule has 0 bridgehead atoms. The van der Waals surface area contributed by atoms with E-state index in [0.29, 0.717) is 5.69 Å². The molecule has 0 saturated heterocycles. The number of nitrogens with zero attached hydrogens (tertiary/aromatic N) is 1. The van der Waals surface area contributed by atoms with Crippen molar-refractivity contribution >= 4 is 29.4 Å². The number of carbonyl (C=O) groups excluding carboxylic acids is 2. The standard InChI is InChI=1S/C18H18FN3O3/c1-12-7-8-15(13(2)9-12)21-17(23)10-20-25-11-18(24)22-16-6-4-3-5-14(16)19/h3-10H,11H2,1-2H3,(H,21,23)(H,22,24)/b20-10-. The molecule has 2 aromatic rings. The van der Waals surface area contributed by atoms with Gasteiger partial charge in [-0.05, 0) is 37.6 Å². The zero-order valence-electron chi connectivity index (χ0n) is 13.9. The predicted molar refractivity (Wildman–Crippen MR) is 94.0 cm³/mol. The summed E-state index contributed by atoms with van der Waals surface area (Å²) >= 11 is 0. The Bertz CT molecular complexity index is 806. The lowest BCUT2D eigenvalue weighted by atomic mass is 10.1. The Hall–Kier alpha value is -3.22. The van der Waals surface area contributed by atoms with Crippen molar-refractivity contribution in [3.63, 3.8) is 0 Å². The monoisotopic (exact) mass is 343 g/mol. The largest absolute Gasteiger partial charge is 0.385 e. The van der Waals surface area contributed by atoms with Gasteiger partial charge in [-0.1, -0.05) is 35.0 Å². The van der Waals surface area contributed by atoms with Gasteiger partial charge in [0.15, 0.2) is 6.61 Å². The van der Waals surface area contributed by atoms with Crippen molar-refractivity contribution in [3.8, 4) is 0 Å². The summed E-state index contributed by atoms with van der Waals surface area (Å²) in [7, 11) is 0. The van der Waals surface area contributed by atoms with Crippen molar-refractivity contribution in [1.82, 2.24) is 0 Å². The van der Waals surface area contributed by atoms with Crippen LogP contribution in [0.15, 0.2) is 47.6 Å². The molecule has 0 heterocycles. The van der Waals surface area contributed by atoms with E-state index in [-0.39, 0.29) is 5.69 Å². The van der Waals surface area contributed by atoms with Gasteiger partial charge in [-0.2, -0.15) is 0 Å². The molecular formula is C18H18FN3O3. The zero-order chi connectivity index (χ0) is 18.2. The quantitative estimate of drug-likeness (QED) is 0.625. The van der Waals surface area contributed by atoms with Crippen LogP contribution in [0.1, 0.15) is 11.1 Å². The number of nitrogens with one attached hydrogen (secondary N) is 2. The Kier molecular flexibility index (Phi) is 6.22. The van der Waals surface area contributed by atoms with Gasteiger partial charge in [-0.15, -0.1) is 0 Å². The molecule has 0 aromatic heterocycles. The number of anilines is 2. The Morgan fingerprint density at radius 2 is 1.88 bits per heavy atom. The third-order valence-electron chi connectivity index (χ3n) is 3.23. The smallest absolute Gasteiger partial charge is 0.270 e. The normalized spacial score (nSPS) is 10.5. The van der Waals surface area contributed by atoms with E-state index in [4.69, 9.17) is 4.84 Å². The number of amides is 2. The number of aryl methyl sites for hydroxylation is 2. The summed E-state index contributed by atoms with van der Waals surface area (Å²) < 4.78 is 13.4. The number of rotatable bonds is 6. The second-order valence-electron chi connectivity index (χ2n) is 5.34. The van der Waals surface area contributed by atoms with E-state index < -0.39 is 24.2 Å². The average Bonchev–Trinajstić information content (AvgIpc) is 2.56. The van der Waals surface area contributed by atoms with Gasteiger partial charge in [0.1, 0.15) is 12.0 Å². The molecule has 0 spiro atoms. The van der Waals surface area contributed by atoms with Crippen molar-refractivity contribution in [1.29, 1.82) is 0 Å². The first-order valence-corrected chi connectivity index (χ1v) is 7.53. The number of carbonyl (C=O) groups is 2. The number of hydrogen-bond donors (Lipinski definition) is 2. The maximum absolute atomic E-state index is 13.4. The lowest BCUT2D eigenvalue weighted by Gasteiger charge is -2.07. The minimum atomic E-state index is -0.586. The van der Waals surface area contributed by atoms with Crippen LogP contribution in [0.4, 0.5) is 15.8 Å². The van der Waals surface area contributed by atoms with Gasteiger partial charge in [0.2, 0.25) is 0 Å². The lowest BCUT2D eigenvalue weighted by molar-refractivity contribution is -0.120. The van der Waals surface area contributed by atoms with E-state index in [9.17, 15) is 14.0 Å². The van der Waals surface area contributed by atoms with Crippen LogP contribution in [0, 0.1) is 19.7 Å². The van der Waals surface area contributed by atoms with Gasteiger partial charge in [0, 0.05) is 5.69 Å². The number of benzene rings is 2. The minimum absolute atomic E-state index is 0.0488. The van der Waals surface area contributed by atoms with Crippen LogP contribution in [0.3, 0.4) is 0 Å². The van der Waals surface area contributed by atoms with Crippen LogP contribution in [-0.2, 0) is 14.4 Å². The predicted octanol–water partition coefficient (Wildman–Crippen LogP) is 3.02. The average molecular weight is 343 g/mol. The highest BCUT2D eigenvalue weighted by Gasteiger charge is 2.07. The van der Waals surface area contributed by atoms with Crippen LogP contribution in [0.5, 0.6) is 0 Å². The summed E-state index contributed by atoms with van der Waals surface area (Å²) in [6.07, 6.45) is 0.926. The highest BCUT2D eigenvalue weighted by atomic mass is 19.1. The Labute approximate surface area is 144 Å².